The van der Waals surface area contributed by atoms with Crippen molar-refractivity contribution in [2.75, 3.05) is 0 Å². The van der Waals surface area contributed by atoms with Crippen LogP contribution >= 0.6 is 11.3 Å². The fourth-order valence-corrected chi connectivity index (χ4v) is 6.07. The molecule has 2 bridgehead atoms. The molecule has 5 atom stereocenters. The first-order valence-electron chi connectivity index (χ1n) is 9.56. The summed E-state index contributed by atoms with van der Waals surface area (Å²) in [6.45, 7) is 2.22. The number of thiophene rings is 1. The molecule has 0 unspecified atom stereocenters. The summed E-state index contributed by atoms with van der Waals surface area (Å²) in [6.07, 6.45) is 8.44. The van der Waals surface area contributed by atoms with Gasteiger partial charge in [-0.05, 0) is 55.4 Å². The van der Waals surface area contributed by atoms with Crippen molar-refractivity contribution in [2.24, 2.45) is 29.6 Å². The molecule has 3 N–H and O–H groups in total. The molecule has 0 saturated heterocycles. The van der Waals surface area contributed by atoms with Gasteiger partial charge in [-0.3, -0.25) is 25.2 Å². The summed E-state index contributed by atoms with van der Waals surface area (Å²) in [5.41, 5.74) is 6.73. The van der Waals surface area contributed by atoms with Crippen LogP contribution in [0, 0.1) is 29.6 Å². The van der Waals surface area contributed by atoms with Crippen LogP contribution in [0.25, 0.3) is 0 Å². The molecule has 1 fully saturated rings. The standard InChI is InChI=1S/C20H24N2O4S/c1-10-2-7-13-14(9-27-15(13)8-10)18(23)21-22-19(24)16-11-3-5-12(6-4-11)17(16)20(25)26/h3,5,9-12,16-17H,2,4,6-8H2,1H3,(H,21,23)(H,22,24)(H,25,26)/t10-,11-,12+,16-,17+/m1/s1. The van der Waals surface area contributed by atoms with E-state index in [0.717, 1.165) is 37.7 Å². The molecule has 0 aliphatic heterocycles. The Morgan fingerprint density at radius 2 is 1.78 bits per heavy atom. The molecule has 1 aromatic rings. The maximum absolute atomic E-state index is 12.7. The number of rotatable bonds is 3. The molecule has 0 spiro atoms. The molecule has 144 valence electrons. The molecular weight excluding hydrogens is 364 g/mol. The predicted octanol–water partition coefficient (Wildman–Crippen LogP) is 2.55. The van der Waals surface area contributed by atoms with Crippen molar-refractivity contribution in [1.29, 1.82) is 0 Å². The number of carbonyl (C=O) groups is 3. The predicted molar refractivity (Wildman–Crippen MR) is 101 cm³/mol. The van der Waals surface area contributed by atoms with Crippen molar-refractivity contribution in [3.05, 3.63) is 33.5 Å². The SMILES string of the molecule is C[C@@H]1CCc2c(C(=O)NNC(=O)[C@H]3[C@@H](C(=O)O)[C@H]4C=C[C@@H]3CC4)csc2C1. The van der Waals surface area contributed by atoms with Crippen molar-refractivity contribution >= 4 is 29.1 Å². The second-order valence-electron chi connectivity index (χ2n) is 8.02. The van der Waals surface area contributed by atoms with Gasteiger partial charge in [-0.1, -0.05) is 19.1 Å². The molecule has 27 heavy (non-hydrogen) atoms. The quantitative estimate of drug-likeness (QED) is 0.548. The Morgan fingerprint density at radius 3 is 2.44 bits per heavy atom. The Bertz CT molecular complexity index is 815. The highest BCUT2D eigenvalue weighted by Gasteiger charge is 2.48. The molecule has 6 nitrogen and oxygen atoms in total. The normalized spacial score (nSPS) is 31.2. The summed E-state index contributed by atoms with van der Waals surface area (Å²) < 4.78 is 0. The van der Waals surface area contributed by atoms with Gasteiger partial charge in [-0.15, -0.1) is 11.3 Å². The maximum Gasteiger partial charge on any atom is 0.307 e. The fraction of sp³-hybridized carbons (Fsp3) is 0.550. The Hall–Kier alpha value is -2.15. The van der Waals surface area contributed by atoms with Gasteiger partial charge in [-0.2, -0.15) is 0 Å². The summed E-state index contributed by atoms with van der Waals surface area (Å²) in [7, 11) is 0. The first-order chi connectivity index (χ1) is 13.0. The number of aliphatic carboxylic acids is 1. The van der Waals surface area contributed by atoms with Crippen LogP contribution in [-0.4, -0.2) is 22.9 Å². The molecule has 2 amide bonds. The first-order valence-corrected chi connectivity index (χ1v) is 10.4. The fourth-order valence-electron chi connectivity index (χ4n) is 4.83. The number of carboxylic acid groups (broad SMARTS) is 1. The maximum atomic E-state index is 12.7. The highest BCUT2D eigenvalue weighted by atomic mass is 32.1. The summed E-state index contributed by atoms with van der Waals surface area (Å²) >= 11 is 1.60. The van der Waals surface area contributed by atoms with Crippen LogP contribution in [0.1, 0.15) is 47.0 Å². The molecule has 4 aliphatic carbocycles. The summed E-state index contributed by atoms with van der Waals surface area (Å²) in [6, 6.07) is 0. The van der Waals surface area contributed by atoms with Crippen LogP contribution in [-0.2, 0) is 22.4 Å². The minimum atomic E-state index is -0.943. The third-order valence-corrected chi connectivity index (χ3v) is 7.33. The van der Waals surface area contributed by atoms with Gasteiger partial charge >= 0.3 is 5.97 Å². The number of carboxylic acids is 1. The van der Waals surface area contributed by atoms with Gasteiger partial charge < -0.3 is 5.11 Å². The van der Waals surface area contributed by atoms with Crippen LogP contribution in [0.3, 0.4) is 0 Å². The van der Waals surface area contributed by atoms with Crippen LogP contribution in [0.2, 0.25) is 0 Å². The zero-order valence-electron chi connectivity index (χ0n) is 15.2. The van der Waals surface area contributed by atoms with Gasteiger partial charge in [0.05, 0.1) is 17.4 Å². The molecule has 1 heterocycles. The lowest BCUT2D eigenvalue weighted by Crippen LogP contribution is -2.53. The summed E-state index contributed by atoms with van der Waals surface area (Å²) in [5, 5.41) is 11.4. The van der Waals surface area contributed by atoms with Crippen LogP contribution in [0.15, 0.2) is 17.5 Å². The monoisotopic (exact) mass is 388 g/mol. The molecule has 1 aromatic heterocycles. The van der Waals surface area contributed by atoms with E-state index in [0.29, 0.717) is 11.5 Å². The van der Waals surface area contributed by atoms with Crippen molar-refractivity contribution in [3.8, 4) is 0 Å². The zero-order valence-corrected chi connectivity index (χ0v) is 16.1. The Balaban J connectivity index is 1.43. The van der Waals surface area contributed by atoms with E-state index in [2.05, 4.69) is 17.8 Å². The number of fused-ring (bicyclic) bond motifs is 3. The van der Waals surface area contributed by atoms with Gasteiger partial charge in [0, 0.05) is 10.3 Å². The number of hydrogen-bond donors (Lipinski definition) is 3. The molecule has 7 heteroatoms. The van der Waals surface area contributed by atoms with Crippen LogP contribution in [0.4, 0.5) is 0 Å². The second-order valence-corrected chi connectivity index (χ2v) is 8.99. The van der Waals surface area contributed by atoms with Crippen molar-refractivity contribution < 1.29 is 19.5 Å². The van der Waals surface area contributed by atoms with Crippen molar-refractivity contribution in [1.82, 2.24) is 10.9 Å². The van der Waals surface area contributed by atoms with E-state index in [9.17, 15) is 19.5 Å². The number of hydrogen-bond acceptors (Lipinski definition) is 4. The minimum Gasteiger partial charge on any atom is -0.481 e. The molecule has 0 radical (unpaired) electrons. The lowest BCUT2D eigenvalue weighted by molar-refractivity contribution is -0.153. The van der Waals surface area contributed by atoms with Gasteiger partial charge in [0.1, 0.15) is 0 Å². The van der Waals surface area contributed by atoms with Gasteiger partial charge in [0.25, 0.3) is 5.91 Å². The van der Waals surface area contributed by atoms with Crippen molar-refractivity contribution in [3.63, 3.8) is 0 Å². The minimum absolute atomic E-state index is 0.0802. The Morgan fingerprint density at radius 1 is 1.07 bits per heavy atom. The molecule has 4 aliphatic rings. The van der Waals surface area contributed by atoms with E-state index in [-0.39, 0.29) is 17.7 Å². The average Bonchev–Trinajstić information content (AvgIpc) is 3.08. The van der Waals surface area contributed by atoms with Crippen LogP contribution in [0.5, 0.6) is 0 Å². The van der Waals surface area contributed by atoms with Crippen LogP contribution < -0.4 is 10.9 Å². The first kappa shape index (κ1) is 18.2. The lowest BCUT2D eigenvalue weighted by Gasteiger charge is -2.41. The average molecular weight is 388 g/mol. The zero-order chi connectivity index (χ0) is 19.1. The molecule has 5 rings (SSSR count). The van der Waals surface area contributed by atoms with E-state index in [1.54, 1.807) is 11.3 Å². The van der Waals surface area contributed by atoms with E-state index in [4.69, 9.17) is 0 Å². The van der Waals surface area contributed by atoms with E-state index in [1.165, 1.54) is 4.88 Å². The summed E-state index contributed by atoms with van der Waals surface area (Å²) in [4.78, 5) is 38.2. The highest BCUT2D eigenvalue weighted by Crippen LogP contribution is 2.45. The van der Waals surface area contributed by atoms with Gasteiger partial charge in [0.15, 0.2) is 0 Å². The molecule has 1 saturated carbocycles. The third-order valence-electron chi connectivity index (χ3n) is 6.28. The lowest BCUT2D eigenvalue weighted by atomic mass is 9.62. The number of nitrogens with one attached hydrogen (secondary N) is 2. The number of allylic oxidation sites excluding steroid dienone is 2. The summed E-state index contributed by atoms with van der Waals surface area (Å²) in [5.74, 6) is -2.58. The molecular formula is C20H24N2O4S. The Kier molecular flexibility index (Phi) is 4.80. The smallest absolute Gasteiger partial charge is 0.307 e. The third kappa shape index (κ3) is 3.29. The topological polar surface area (TPSA) is 95.5 Å². The highest BCUT2D eigenvalue weighted by molar-refractivity contribution is 7.10. The van der Waals surface area contributed by atoms with E-state index < -0.39 is 23.7 Å². The number of hydrazine groups is 1. The van der Waals surface area contributed by atoms with E-state index >= 15 is 0 Å². The number of carbonyl (C=O) groups excluding carboxylic acids is 2. The molecule has 0 aromatic carbocycles. The van der Waals surface area contributed by atoms with Gasteiger partial charge in [-0.25, -0.2) is 0 Å². The Labute approximate surface area is 162 Å². The largest absolute Gasteiger partial charge is 0.481 e. The van der Waals surface area contributed by atoms with E-state index in [1.807, 2.05) is 17.5 Å². The number of amides is 2. The second kappa shape index (κ2) is 7.11. The van der Waals surface area contributed by atoms with Crippen molar-refractivity contribution in [2.45, 2.75) is 39.0 Å². The van der Waals surface area contributed by atoms with Gasteiger partial charge in [0.2, 0.25) is 5.91 Å².